The van der Waals surface area contributed by atoms with Crippen LogP contribution in [0, 0.1) is 0 Å². The minimum absolute atomic E-state index is 0.586. The fourth-order valence-electron chi connectivity index (χ4n) is 7.18. The first-order valence-corrected chi connectivity index (χ1v) is 17.8. The highest BCUT2D eigenvalue weighted by Gasteiger charge is 2.16. The maximum absolute atomic E-state index is 6.27. The molecule has 10 aromatic rings. The minimum atomic E-state index is 0.586. The van der Waals surface area contributed by atoms with Gasteiger partial charge in [-0.05, 0) is 92.7 Å². The Hall–Kier alpha value is -7.17. The lowest BCUT2D eigenvalue weighted by molar-refractivity contribution is 0.669. The number of nitrogens with zero attached hydrogens (tertiary/aromatic N) is 3. The zero-order valence-electron chi connectivity index (χ0n) is 28.6. The molecule has 0 unspecified atom stereocenters. The molecule has 2 aromatic heterocycles. The summed E-state index contributed by atoms with van der Waals surface area (Å²) in [7, 11) is 0. The molecule has 8 aromatic carbocycles. The van der Waals surface area contributed by atoms with E-state index in [2.05, 4.69) is 164 Å². The summed E-state index contributed by atoms with van der Waals surface area (Å²) in [6.07, 6.45) is 0. The van der Waals surface area contributed by atoms with Gasteiger partial charge in [-0.15, -0.1) is 0 Å². The first kappa shape index (κ1) is 30.6. The zero-order chi connectivity index (χ0) is 35.1. The third-order valence-electron chi connectivity index (χ3n) is 9.88. The van der Waals surface area contributed by atoms with Crippen molar-refractivity contribution in [3.63, 3.8) is 0 Å². The number of benzene rings is 8. The molecule has 0 radical (unpaired) electrons. The van der Waals surface area contributed by atoms with Crippen LogP contribution in [0.4, 0.5) is 0 Å². The topological polar surface area (TPSA) is 51.8 Å². The highest BCUT2D eigenvalue weighted by molar-refractivity contribution is 6.05. The maximum atomic E-state index is 6.27. The van der Waals surface area contributed by atoms with Crippen LogP contribution in [0.25, 0.3) is 100 Å². The van der Waals surface area contributed by atoms with E-state index in [1.54, 1.807) is 0 Å². The summed E-state index contributed by atoms with van der Waals surface area (Å²) in [5.41, 5.74) is 11.2. The quantitative estimate of drug-likeness (QED) is 0.176. The zero-order valence-corrected chi connectivity index (χ0v) is 28.6. The molecule has 10 rings (SSSR count). The van der Waals surface area contributed by atoms with Gasteiger partial charge in [-0.3, -0.25) is 0 Å². The van der Waals surface area contributed by atoms with Gasteiger partial charge in [0, 0.05) is 27.5 Å². The van der Waals surface area contributed by atoms with Crippen molar-refractivity contribution in [1.82, 2.24) is 15.0 Å². The van der Waals surface area contributed by atoms with Crippen molar-refractivity contribution in [2.24, 2.45) is 0 Å². The average Bonchev–Trinajstić information content (AvgIpc) is 3.62. The summed E-state index contributed by atoms with van der Waals surface area (Å²) < 4.78 is 6.27. The van der Waals surface area contributed by atoms with Crippen LogP contribution in [0.2, 0.25) is 0 Å². The second kappa shape index (κ2) is 12.9. The molecule has 0 saturated carbocycles. The van der Waals surface area contributed by atoms with E-state index in [0.717, 1.165) is 66.3 Å². The molecule has 0 N–H and O–H groups in total. The van der Waals surface area contributed by atoms with E-state index in [4.69, 9.17) is 19.4 Å². The van der Waals surface area contributed by atoms with E-state index in [-0.39, 0.29) is 0 Å². The number of hydrogen-bond donors (Lipinski definition) is 0. The summed E-state index contributed by atoms with van der Waals surface area (Å²) in [5, 5.41) is 4.45. The van der Waals surface area contributed by atoms with Gasteiger partial charge in [-0.2, -0.15) is 0 Å². The van der Waals surface area contributed by atoms with Gasteiger partial charge < -0.3 is 4.42 Å². The number of para-hydroxylation sites is 1. The first-order valence-electron chi connectivity index (χ1n) is 17.8. The van der Waals surface area contributed by atoms with Crippen molar-refractivity contribution >= 4 is 32.7 Å². The van der Waals surface area contributed by atoms with Gasteiger partial charge in [-0.1, -0.05) is 140 Å². The summed E-state index contributed by atoms with van der Waals surface area (Å²) in [4.78, 5) is 15.3. The molecule has 53 heavy (non-hydrogen) atoms. The Morgan fingerprint density at radius 1 is 0.264 bits per heavy atom. The fraction of sp³-hybridized carbons (Fsp3) is 0. The summed E-state index contributed by atoms with van der Waals surface area (Å²) in [6.45, 7) is 0. The Kier molecular flexibility index (Phi) is 7.43. The Labute approximate surface area is 306 Å². The smallest absolute Gasteiger partial charge is 0.164 e. The van der Waals surface area contributed by atoms with Gasteiger partial charge >= 0.3 is 0 Å². The number of rotatable bonds is 6. The van der Waals surface area contributed by atoms with Crippen LogP contribution in [0.3, 0.4) is 0 Å². The molecule has 0 saturated heterocycles. The fourth-order valence-corrected chi connectivity index (χ4v) is 7.18. The predicted octanol–water partition coefficient (Wildman–Crippen LogP) is 12.9. The normalized spacial score (nSPS) is 11.4. The Balaban J connectivity index is 1.13. The van der Waals surface area contributed by atoms with Crippen LogP contribution < -0.4 is 0 Å². The van der Waals surface area contributed by atoms with Crippen LogP contribution in [0.1, 0.15) is 0 Å². The molecule has 248 valence electrons. The Bertz CT molecular complexity index is 2890. The molecular formula is C49H31N3O. The van der Waals surface area contributed by atoms with Crippen molar-refractivity contribution in [2.75, 3.05) is 0 Å². The maximum Gasteiger partial charge on any atom is 0.164 e. The molecule has 0 fully saturated rings. The lowest BCUT2D eigenvalue weighted by atomic mass is 9.93. The summed E-state index contributed by atoms with van der Waals surface area (Å²) in [6, 6.07) is 65.4. The Morgan fingerprint density at radius 3 is 1.43 bits per heavy atom. The molecule has 0 aliphatic rings. The van der Waals surface area contributed by atoms with E-state index in [1.807, 2.05) is 24.3 Å². The van der Waals surface area contributed by atoms with Gasteiger partial charge in [-0.25, -0.2) is 15.0 Å². The van der Waals surface area contributed by atoms with E-state index < -0.39 is 0 Å². The number of aromatic nitrogens is 3. The summed E-state index contributed by atoms with van der Waals surface area (Å²) >= 11 is 0. The first-order chi connectivity index (χ1) is 26.2. The van der Waals surface area contributed by atoms with E-state index >= 15 is 0 Å². The molecule has 0 bridgehead atoms. The third-order valence-corrected chi connectivity index (χ3v) is 9.88. The van der Waals surface area contributed by atoms with Crippen molar-refractivity contribution in [2.45, 2.75) is 0 Å². The molecule has 0 amide bonds. The molecule has 2 heterocycles. The minimum Gasteiger partial charge on any atom is -0.456 e. The highest BCUT2D eigenvalue weighted by Crippen LogP contribution is 2.36. The average molecular weight is 678 g/mol. The second-order valence-electron chi connectivity index (χ2n) is 13.3. The van der Waals surface area contributed by atoms with Crippen LogP contribution >= 0.6 is 0 Å². The van der Waals surface area contributed by atoms with Gasteiger partial charge in [0.1, 0.15) is 11.2 Å². The number of hydrogen-bond acceptors (Lipinski definition) is 4. The molecule has 0 aliphatic carbocycles. The second-order valence-corrected chi connectivity index (χ2v) is 13.3. The van der Waals surface area contributed by atoms with Crippen molar-refractivity contribution in [3.8, 4) is 67.5 Å². The van der Waals surface area contributed by atoms with E-state index in [1.165, 1.54) is 16.5 Å². The van der Waals surface area contributed by atoms with Gasteiger partial charge in [0.05, 0.1) is 0 Å². The SMILES string of the molecule is c1ccc(-c2cc(-c3ccccc3)cc(-c3cccc(-c4nc(-c5ccc6ccccc6c5)nc(-c5ccc6c(c5)oc5ccccc56)n4)c3)c2)cc1. The monoisotopic (exact) mass is 677 g/mol. The van der Waals surface area contributed by atoms with Crippen LogP contribution in [0.5, 0.6) is 0 Å². The number of furan rings is 1. The van der Waals surface area contributed by atoms with Crippen molar-refractivity contribution in [3.05, 3.63) is 188 Å². The number of fused-ring (bicyclic) bond motifs is 4. The van der Waals surface area contributed by atoms with Crippen LogP contribution in [-0.2, 0) is 0 Å². The lowest BCUT2D eigenvalue weighted by Gasteiger charge is -2.13. The molecule has 4 heteroatoms. The van der Waals surface area contributed by atoms with Crippen molar-refractivity contribution in [1.29, 1.82) is 0 Å². The molecule has 4 nitrogen and oxygen atoms in total. The van der Waals surface area contributed by atoms with Gasteiger partial charge in [0.25, 0.3) is 0 Å². The predicted molar refractivity (Wildman–Crippen MR) is 217 cm³/mol. The van der Waals surface area contributed by atoms with Gasteiger partial charge in [0.2, 0.25) is 0 Å². The molecule has 0 spiro atoms. The lowest BCUT2D eigenvalue weighted by Crippen LogP contribution is -2.00. The van der Waals surface area contributed by atoms with Crippen LogP contribution in [-0.4, -0.2) is 15.0 Å². The van der Waals surface area contributed by atoms with E-state index in [0.29, 0.717) is 17.5 Å². The largest absolute Gasteiger partial charge is 0.456 e. The standard InChI is InChI=1S/C49H31N3O/c1-3-12-32(13-4-1)40-28-41(33-14-5-2-6-15-33)30-42(29-40)36-18-11-19-37(27-36)47-50-48(38-23-22-34-16-7-8-17-35(34)26-38)52-49(51-47)39-24-25-44-43-20-9-10-21-45(43)53-46(44)31-39/h1-31H. The molecule has 0 atom stereocenters. The third kappa shape index (κ3) is 5.82. The molecule has 0 aliphatic heterocycles. The van der Waals surface area contributed by atoms with E-state index in [9.17, 15) is 0 Å². The van der Waals surface area contributed by atoms with Crippen molar-refractivity contribution < 1.29 is 4.42 Å². The highest BCUT2D eigenvalue weighted by atomic mass is 16.3. The summed E-state index contributed by atoms with van der Waals surface area (Å²) in [5.74, 6) is 1.80. The van der Waals surface area contributed by atoms with Gasteiger partial charge in [0.15, 0.2) is 17.5 Å². The van der Waals surface area contributed by atoms with Crippen LogP contribution in [0.15, 0.2) is 192 Å². The Morgan fingerprint density at radius 2 is 0.736 bits per heavy atom. The molecular weight excluding hydrogens is 647 g/mol.